The van der Waals surface area contributed by atoms with Crippen molar-refractivity contribution in [2.75, 3.05) is 56.2 Å². The van der Waals surface area contributed by atoms with Crippen LogP contribution in [0.15, 0.2) is 35.2 Å². The first-order valence-electron chi connectivity index (χ1n) is 11.2. The number of aromatic nitrogens is 2. The number of hydrogen-bond donors (Lipinski definition) is 1. The fraction of sp³-hybridized carbons (Fsp3) is 0.500. The number of nitrogens with two attached hydrogens (primary N) is 1. The Kier molecular flexibility index (Phi) is 6.99. The van der Waals surface area contributed by atoms with Crippen LogP contribution in [-0.4, -0.2) is 75.2 Å². The summed E-state index contributed by atoms with van der Waals surface area (Å²) in [7, 11) is -2.37. The van der Waals surface area contributed by atoms with Crippen LogP contribution in [0.5, 0.6) is 5.75 Å². The van der Waals surface area contributed by atoms with Crippen LogP contribution in [0.4, 0.5) is 11.6 Å². The molecule has 2 saturated heterocycles. The minimum absolute atomic E-state index is 0.0205. The smallest absolute Gasteiger partial charge is 0.252 e. The number of methoxy groups -OCH3 is 1. The molecule has 0 aliphatic carbocycles. The Morgan fingerprint density at radius 2 is 1.45 bits per heavy atom. The lowest BCUT2D eigenvalue weighted by molar-refractivity contribution is 0.0997. The van der Waals surface area contributed by atoms with Crippen LogP contribution >= 0.6 is 0 Å². The van der Waals surface area contributed by atoms with Crippen molar-refractivity contribution in [3.05, 3.63) is 35.9 Å². The maximum Gasteiger partial charge on any atom is 0.252 e. The van der Waals surface area contributed by atoms with Gasteiger partial charge in [-0.2, -0.15) is 4.31 Å². The minimum atomic E-state index is -3.77. The molecular weight excluding hydrogens is 444 g/mol. The summed E-state index contributed by atoms with van der Waals surface area (Å²) < 4.78 is 32.8. The molecule has 0 atom stereocenters. The van der Waals surface area contributed by atoms with E-state index in [1.165, 1.54) is 55.3 Å². The number of nitrogens with zero attached hydrogens (tertiary/aromatic N) is 5. The van der Waals surface area contributed by atoms with Crippen molar-refractivity contribution >= 4 is 27.6 Å². The molecule has 1 aromatic carbocycles. The zero-order chi connectivity index (χ0) is 23.4. The molecule has 2 aromatic rings. The Bertz CT molecular complexity index is 1080. The highest BCUT2D eigenvalue weighted by Crippen LogP contribution is 2.26. The molecule has 1 aromatic heterocycles. The molecule has 4 rings (SSSR count). The van der Waals surface area contributed by atoms with Gasteiger partial charge in [-0.05, 0) is 43.2 Å². The molecule has 178 valence electrons. The predicted octanol–water partition coefficient (Wildman–Crippen LogP) is 1.48. The van der Waals surface area contributed by atoms with Crippen molar-refractivity contribution in [2.24, 2.45) is 5.73 Å². The fourth-order valence-corrected chi connectivity index (χ4v) is 5.75. The number of sulfonamides is 1. The second kappa shape index (κ2) is 9.92. The van der Waals surface area contributed by atoms with Crippen LogP contribution in [-0.2, 0) is 10.0 Å². The van der Waals surface area contributed by atoms with Gasteiger partial charge in [0.05, 0.1) is 17.6 Å². The second-order valence-corrected chi connectivity index (χ2v) is 10.2. The summed E-state index contributed by atoms with van der Waals surface area (Å²) in [6.07, 6.45) is 4.87. The Morgan fingerprint density at radius 3 is 1.97 bits per heavy atom. The van der Waals surface area contributed by atoms with Gasteiger partial charge >= 0.3 is 0 Å². The molecule has 2 aliphatic rings. The molecule has 2 aliphatic heterocycles. The molecule has 0 radical (unpaired) electrons. The van der Waals surface area contributed by atoms with Gasteiger partial charge in [-0.1, -0.05) is 12.8 Å². The normalized spacial score (nSPS) is 18.1. The van der Waals surface area contributed by atoms with Gasteiger partial charge < -0.3 is 20.3 Å². The number of amides is 1. The number of hydrogen-bond acceptors (Lipinski definition) is 8. The summed E-state index contributed by atoms with van der Waals surface area (Å²) in [6, 6.07) is 8.11. The first kappa shape index (κ1) is 23.2. The zero-order valence-corrected chi connectivity index (χ0v) is 19.6. The molecule has 0 unspecified atom stereocenters. The minimum Gasteiger partial charge on any atom is -0.496 e. The molecule has 0 saturated carbocycles. The average Bonchev–Trinajstić information content (AvgIpc) is 3.13. The molecule has 2 fully saturated rings. The van der Waals surface area contributed by atoms with Gasteiger partial charge in [-0.3, -0.25) is 4.79 Å². The topological polar surface area (TPSA) is 122 Å². The molecule has 11 heteroatoms. The maximum absolute atomic E-state index is 13.1. The number of benzene rings is 1. The zero-order valence-electron chi connectivity index (χ0n) is 18.8. The summed E-state index contributed by atoms with van der Waals surface area (Å²) >= 11 is 0. The number of rotatable bonds is 6. The van der Waals surface area contributed by atoms with E-state index in [0.717, 1.165) is 24.7 Å². The average molecular weight is 475 g/mol. The number of primary amides is 1. The Labute approximate surface area is 194 Å². The van der Waals surface area contributed by atoms with E-state index in [9.17, 15) is 13.2 Å². The highest BCUT2D eigenvalue weighted by Gasteiger charge is 2.30. The van der Waals surface area contributed by atoms with Crippen LogP contribution in [0.3, 0.4) is 0 Å². The van der Waals surface area contributed by atoms with Crippen LogP contribution in [0.1, 0.15) is 36.0 Å². The molecule has 1 amide bonds. The Balaban J connectivity index is 1.42. The molecule has 0 bridgehead atoms. The number of ether oxygens (including phenoxy) is 1. The fourth-order valence-electron chi connectivity index (χ4n) is 4.30. The first-order valence-corrected chi connectivity index (χ1v) is 12.7. The van der Waals surface area contributed by atoms with E-state index in [0.29, 0.717) is 26.2 Å². The van der Waals surface area contributed by atoms with Gasteiger partial charge in [-0.25, -0.2) is 8.42 Å². The highest BCUT2D eigenvalue weighted by atomic mass is 32.2. The number of anilines is 2. The van der Waals surface area contributed by atoms with E-state index in [-0.39, 0.29) is 16.2 Å². The number of piperazine rings is 1. The van der Waals surface area contributed by atoms with E-state index in [1.807, 2.05) is 17.0 Å². The van der Waals surface area contributed by atoms with Gasteiger partial charge in [0.2, 0.25) is 10.0 Å². The molecule has 10 nitrogen and oxygen atoms in total. The number of carbonyl (C=O) groups is 1. The summed E-state index contributed by atoms with van der Waals surface area (Å²) in [5.74, 6) is 1.14. The SMILES string of the molecule is COc1ccc(S(=O)(=O)N2CCN(c3ccc(N4CCCCCC4)nn3)CC2)cc1C(N)=O. The van der Waals surface area contributed by atoms with Crippen LogP contribution in [0.2, 0.25) is 0 Å². The first-order chi connectivity index (χ1) is 15.9. The standard InChI is InChI=1S/C22H30N6O4S/c1-32-19-7-6-17(16-18(19)22(23)29)33(30,31)28-14-12-27(13-15-28)21-9-8-20(24-25-21)26-10-4-2-3-5-11-26/h6-9,16H,2-5,10-15H2,1H3,(H2,23,29). The third-order valence-electron chi connectivity index (χ3n) is 6.20. The molecular formula is C22H30N6O4S. The van der Waals surface area contributed by atoms with E-state index in [1.54, 1.807) is 0 Å². The largest absolute Gasteiger partial charge is 0.496 e. The van der Waals surface area contributed by atoms with E-state index < -0.39 is 15.9 Å². The van der Waals surface area contributed by atoms with Crippen molar-refractivity contribution in [1.82, 2.24) is 14.5 Å². The van der Waals surface area contributed by atoms with Gasteiger partial charge in [0.25, 0.3) is 5.91 Å². The molecule has 2 N–H and O–H groups in total. The lowest BCUT2D eigenvalue weighted by Crippen LogP contribution is -2.49. The lowest BCUT2D eigenvalue weighted by atomic mass is 10.2. The van der Waals surface area contributed by atoms with Gasteiger partial charge in [-0.15, -0.1) is 10.2 Å². The van der Waals surface area contributed by atoms with Crippen molar-refractivity contribution in [3.63, 3.8) is 0 Å². The Hall–Kier alpha value is -2.92. The molecule has 0 spiro atoms. The van der Waals surface area contributed by atoms with Gasteiger partial charge in [0, 0.05) is 39.3 Å². The summed E-state index contributed by atoms with van der Waals surface area (Å²) in [5.41, 5.74) is 5.42. The van der Waals surface area contributed by atoms with Crippen LogP contribution in [0, 0.1) is 0 Å². The Morgan fingerprint density at radius 1 is 0.879 bits per heavy atom. The van der Waals surface area contributed by atoms with Gasteiger partial charge in [0.15, 0.2) is 11.6 Å². The highest BCUT2D eigenvalue weighted by molar-refractivity contribution is 7.89. The third-order valence-corrected chi connectivity index (χ3v) is 8.10. The van der Waals surface area contributed by atoms with E-state index >= 15 is 0 Å². The van der Waals surface area contributed by atoms with Crippen molar-refractivity contribution in [3.8, 4) is 5.75 Å². The van der Waals surface area contributed by atoms with E-state index in [2.05, 4.69) is 15.1 Å². The van der Waals surface area contributed by atoms with Crippen molar-refractivity contribution < 1.29 is 17.9 Å². The van der Waals surface area contributed by atoms with Crippen LogP contribution < -0.4 is 20.3 Å². The summed E-state index contributed by atoms with van der Waals surface area (Å²) in [4.78, 5) is 16.0. The van der Waals surface area contributed by atoms with E-state index in [4.69, 9.17) is 10.5 Å². The van der Waals surface area contributed by atoms with Crippen molar-refractivity contribution in [2.45, 2.75) is 30.6 Å². The molecule has 33 heavy (non-hydrogen) atoms. The third kappa shape index (κ3) is 5.03. The van der Waals surface area contributed by atoms with Gasteiger partial charge in [0.1, 0.15) is 5.75 Å². The summed E-state index contributed by atoms with van der Waals surface area (Å²) in [5, 5.41) is 8.83. The maximum atomic E-state index is 13.1. The monoisotopic (exact) mass is 474 g/mol. The van der Waals surface area contributed by atoms with Crippen LogP contribution in [0.25, 0.3) is 0 Å². The van der Waals surface area contributed by atoms with Crippen molar-refractivity contribution in [1.29, 1.82) is 0 Å². The quantitative estimate of drug-likeness (QED) is 0.668. The second-order valence-electron chi connectivity index (χ2n) is 8.27. The molecule has 3 heterocycles. The number of carbonyl (C=O) groups excluding carboxylic acids is 1. The predicted molar refractivity (Wildman–Crippen MR) is 125 cm³/mol. The lowest BCUT2D eigenvalue weighted by Gasteiger charge is -2.34. The summed E-state index contributed by atoms with van der Waals surface area (Å²) in [6.45, 7) is 3.61.